The number of hydrogen-bond acceptors (Lipinski definition) is 6. The zero-order chi connectivity index (χ0) is 26.0. The van der Waals surface area contributed by atoms with Gasteiger partial charge in [0.05, 0.1) is 23.5 Å². The summed E-state index contributed by atoms with van der Waals surface area (Å²) in [6.45, 7) is 7.26. The molecule has 1 saturated heterocycles. The van der Waals surface area contributed by atoms with Crippen molar-refractivity contribution >= 4 is 22.9 Å². The third-order valence-electron chi connectivity index (χ3n) is 6.73. The molecule has 3 rings (SSSR count). The highest BCUT2D eigenvalue weighted by Crippen LogP contribution is 2.31. The summed E-state index contributed by atoms with van der Waals surface area (Å²) in [7, 11) is 0. The number of benzene rings is 2. The zero-order valence-corrected chi connectivity index (χ0v) is 22.0. The van der Waals surface area contributed by atoms with Crippen LogP contribution in [-0.4, -0.2) is 53.8 Å². The summed E-state index contributed by atoms with van der Waals surface area (Å²) >= 11 is -2.04. The summed E-state index contributed by atoms with van der Waals surface area (Å²) < 4.78 is 32.1. The van der Waals surface area contributed by atoms with Gasteiger partial charge >= 0.3 is 6.09 Å². The summed E-state index contributed by atoms with van der Waals surface area (Å²) in [4.78, 5) is 13.0. The van der Waals surface area contributed by atoms with Crippen molar-refractivity contribution in [2.75, 3.05) is 38.6 Å². The number of alkyl carbamates (subject to hydrolysis) is 1. The zero-order valence-electron chi connectivity index (χ0n) is 21.2. The molecule has 1 aliphatic rings. The average molecular weight is 518 g/mol. The minimum Gasteiger partial charge on any atom is -0.449 e. The maximum Gasteiger partial charge on any atom is 0.407 e. The fraction of sp³-hybridized carbons (Fsp3) is 0.519. The number of ether oxygens (including phenoxy) is 2. The Morgan fingerprint density at radius 3 is 2.61 bits per heavy atom. The molecule has 5 N–H and O–H groups in total. The second kappa shape index (κ2) is 13.7. The van der Waals surface area contributed by atoms with Crippen LogP contribution in [0.3, 0.4) is 0 Å². The van der Waals surface area contributed by atoms with Crippen molar-refractivity contribution in [1.29, 1.82) is 0 Å². The molecule has 3 unspecified atom stereocenters. The molecule has 36 heavy (non-hydrogen) atoms. The van der Waals surface area contributed by atoms with Crippen LogP contribution in [0.25, 0.3) is 0 Å². The highest BCUT2D eigenvalue weighted by atomic mass is 32.2. The normalized spacial score (nSPS) is 17.0. The number of amides is 1. The molecule has 3 atom stereocenters. The van der Waals surface area contributed by atoms with E-state index in [0.717, 1.165) is 30.5 Å². The summed E-state index contributed by atoms with van der Waals surface area (Å²) in [6.07, 6.45) is 2.62. The van der Waals surface area contributed by atoms with Crippen LogP contribution < -0.4 is 16.4 Å². The molecule has 1 fully saturated rings. The first-order valence-electron chi connectivity index (χ1n) is 12.5. The number of hydrogen-bond donors (Lipinski definition) is 4. The number of anilines is 1. The molecule has 1 aliphatic heterocycles. The number of nitrogen functional groups attached to an aromatic ring is 1. The van der Waals surface area contributed by atoms with Crippen molar-refractivity contribution in [3.05, 3.63) is 59.7 Å². The van der Waals surface area contributed by atoms with Gasteiger partial charge in [-0.1, -0.05) is 44.2 Å². The minimum absolute atomic E-state index is 0.0458. The van der Waals surface area contributed by atoms with Gasteiger partial charge in [0, 0.05) is 11.7 Å². The van der Waals surface area contributed by atoms with Crippen molar-refractivity contribution in [3.8, 4) is 0 Å². The van der Waals surface area contributed by atoms with Gasteiger partial charge in [-0.05, 0) is 74.0 Å². The molecule has 0 aliphatic carbocycles. The van der Waals surface area contributed by atoms with Crippen LogP contribution in [0, 0.1) is 11.3 Å². The highest BCUT2D eigenvalue weighted by molar-refractivity contribution is 7.79. The molecular formula is C27H39N3O5S. The van der Waals surface area contributed by atoms with Crippen molar-refractivity contribution in [3.63, 3.8) is 0 Å². The van der Waals surface area contributed by atoms with E-state index < -0.39 is 17.2 Å². The summed E-state index contributed by atoms with van der Waals surface area (Å²) in [5.41, 5.74) is 8.35. The van der Waals surface area contributed by atoms with Crippen LogP contribution in [0.5, 0.6) is 0 Å². The van der Waals surface area contributed by atoms with Crippen LogP contribution in [0.1, 0.15) is 37.8 Å². The number of rotatable bonds is 14. The second-order valence-corrected chi connectivity index (χ2v) is 10.8. The summed E-state index contributed by atoms with van der Waals surface area (Å²) in [6, 6.07) is 15.0. The molecular weight excluding hydrogens is 478 g/mol. The van der Waals surface area contributed by atoms with E-state index >= 15 is 0 Å². The topological polar surface area (TPSA) is 123 Å². The van der Waals surface area contributed by atoms with E-state index in [-0.39, 0.29) is 17.4 Å². The lowest BCUT2D eigenvalue weighted by Gasteiger charge is -2.40. The van der Waals surface area contributed by atoms with Crippen LogP contribution >= 0.6 is 0 Å². The third-order valence-corrected chi connectivity index (χ3v) is 7.50. The first-order chi connectivity index (χ1) is 17.3. The van der Waals surface area contributed by atoms with Gasteiger partial charge in [0.1, 0.15) is 6.61 Å². The number of nitrogens with one attached hydrogen (secondary N) is 2. The lowest BCUT2D eigenvalue weighted by molar-refractivity contribution is -0.138. The molecule has 9 heteroatoms. The van der Waals surface area contributed by atoms with Crippen LogP contribution in [0.15, 0.2) is 53.4 Å². The Kier molecular flexibility index (Phi) is 10.7. The van der Waals surface area contributed by atoms with Crippen molar-refractivity contribution in [1.82, 2.24) is 10.6 Å². The van der Waals surface area contributed by atoms with Gasteiger partial charge in [0.25, 0.3) is 0 Å². The molecule has 0 spiro atoms. The van der Waals surface area contributed by atoms with Crippen molar-refractivity contribution in [2.45, 2.75) is 50.5 Å². The molecule has 2 aromatic carbocycles. The van der Waals surface area contributed by atoms with E-state index in [0.29, 0.717) is 49.8 Å². The molecule has 198 valence electrons. The Labute approximate surface area is 216 Å². The molecule has 2 aromatic rings. The van der Waals surface area contributed by atoms with Gasteiger partial charge in [-0.15, -0.1) is 0 Å². The monoisotopic (exact) mass is 517 g/mol. The fourth-order valence-electron chi connectivity index (χ4n) is 4.33. The Balaban J connectivity index is 1.48. The highest BCUT2D eigenvalue weighted by Gasteiger charge is 2.38. The van der Waals surface area contributed by atoms with Gasteiger partial charge in [0.2, 0.25) is 0 Å². The SMILES string of the molecule is CCC1(COC(=O)NC(CCNCC(C)Cc2cc(N)ccc2S(=O)O)Cc2ccccc2)COC1. The number of carbonyl (C=O) groups is 1. The maximum absolute atomic E-state index is 12.6. The van der Waals surface area contributed by atoms with Gasteiger partial charge in [-0.3, -0.25) is 0 Å². The molecule has 1 amide bonds. The van der Waals surface area contributed by atoms with Gasteiger partial charge in [-0.25, -0.2) is 9.00 Å². The van der Waals surface area contributed by atoms with Crippen LogP contribution in [-0.2, 0) is 33.4 Å². The summed E-state index contributed by atoms with van der Waals surface area (Å²) in [5.74, 6) is 0.231. The van der Waals surface area contributed by atoms with E-state index in [1.807, 2.05) is 18.2 Å². The van der Waals surface area contributed by atoms with Crippen molar-refractivity contribution in [2.24, 2.45) is 11.3 Å². The smallest absolute Gasteiger partial charge is 0.407 e. The van der Waals surface area contributed by atoms with Gasteiger partial charge in [-0.2, -0.15) is 0 Å². The van der Waals surface area contributed by atoms with Crippen LogP contribution in [0.2, 0.25) is 0 Å². The standard InChI is InChI=1S/C27H39N3O5S/c1-3-27(17-34-18-27)19-35-26(31)30-24(14-21-7-5-4-6-8-21)11-12-29-16-20(2)13-22-15-23(28)9-10-25(22)36(32)33/h4-10,15,20,24,29H,3,11-14,16-19,28H2,1-2H3,(H,30,31)(H,32,33). The predicted molar refractivity (Wildman–Crippen MR) is 142 cm³/mol. The quantitative estimate of drug-likeness (QED) is 0.171. The first kappa shape index (κ1) is 28.1. The van der Waals surface area contributed by atoms with E-state index in [1.165, 1.54) is 0 Å². The second-order valence-electron chi connectivity index (χ2n) is 9.87. The van der Waals surface area contributed by atoms with E-state index in [9.17, 15) is 13.6 Å². The van der Waals surface area contributed by atoms with Gasteiger partial charge in [0.15, 0.2) is 11.1 Å². The molecule has 8 nitrogen and oxygen atoms in total. The lowest BCUT2D eigenvalue weighted by atomic mass is 9.84. The average Bonchev–Trinajstić information content (AvgIpc) is 2.82. The Morgan fingerprint density at radius 1 is 1.22 bits per heavy atom. The minimum atomic E-state index is -2.04. The fourth-order valence-corrected chi connectivity index (χ4v) is 4.88. The molecule has 0 bridgehead atoms. The lowest BCUT2D eigenvalue weighted by Crippen LogP contribution is -2.48. The molecule has 0 aromatic heterocycles. The largest absolute Gasteiger partial charge is 0.449 e. The first-order valence-corrected chi connectivity index (χ1v) is 13.7. The summed E-state index contributed by atoms with van der Waals surface area (Å²) in [5, 5.41) is 6.51. The van der Waals surface area contributed by atoms with Crippen molar-refractivity contribution < 1.29 is 23.0 Å². The molecule has 1 heterocycles. The van der Waals surface area contributed by atoms with Crippen LogP contribution in [0.4, 0.5) is 10.5 Å². The van der Waals surface area contributed by atoms with E-state index in [4.69, 9.17) is 15.2 Å². The predicted octanol–water partition coefficient (Wildman–Crippen LogP) is 3.77. The Bertz CT molecular complexity index is 995. The Hall–Kier alpha value is -2.46. The maximum atomic E-state index is 12.6. The third kappa shape index (κ3) is 8.58. The number of nitrogens with two attached hydrogens (primary N) is 1. The van der Waals surface area contributed by atoms with Gasteiger partial charge < -0.3 is 30.4 Å². The number of carbonyl (C=O) groups excluding carboxylic acids is 1. The Morgan fingerprint density at radius 2 is 1.97 bits per heavy atom. The molecule has 0 radical (unpaired) electrons. The van der Waals surface area contributed by atoms with E-state index in [2.05, 4.69) is 36.6 Å². The van der Waals surface area contributed by atoms with E-state index in [1.54, 1.807) is 18.2 Å². The molecule has 0 saturated carbocycles.